The van der Waals surface area contributed by atoms with Crippen LogP contribution in [0.5, 0.6) is 11.5 Å². The van der Waals surface area contributed by atoms with E-state index in [9.17, 15) is 23.4 Å². The van der Waals surface area contributed by atoms with Crippen molar-refractivity contribution in [3.8, 4) is 11.5 Å². The molecule has 0 atom stereocenters. The van der Waals surface area contributed by atoms with Crippen LogP contribution in [0.25, 0.3) is 6.08 Å². The number of hydrogen-bond donors (Lipinski definition) is 4. The molecule has 0 unspecified atom stereocenters. The normalized spacial score (nSPS) is 11.4. The number of carbonyl (C=O) groups excluding carboxylic acids is 1. The third-order valence-electron chi connectivity index (χ3n) is 3.40. The lowest BCUT2D eigenvalue weighted by Gasteiger charge is -2.06. The molecule has 8 heteroatoms. The van der Waals surface area contributed by atoms with Crippen molar-refractivity contribution in [2.24, 2.45) is 0 Å². The molecule has 0 aliphatic heterocycles. The highest BCUT2D eigenvalue weighted by atomic mass is 32.2. The zero-order chi connectivity index (χ0) is 19.2. The summed E-state index contributed by atoms with van der Waals surface area (Å²) in [4.78, 5) is 11.8. The van der Waals surface area contributed by atoms with Gasteiger partial charge in [0, 0.05) is 18.3 Å². The number of carbonyl (C=O) groups is 1. The quantitative estimate of drug-likeness (QED) is 0.435. The summed E-state index contributed by atoms with van der Waals surface area (Å²) in [6.07, 6.45) is 4.55. The molecule has 138 valence electrons. The van der Waals surface area contributed by atoms with Gasteiger partial charge in [0.25, 0.3) is 0 Å². The van der Waals surface area contributed by atoms with Crippen molar-refractivity contribution in [1.29, 1.82) is 0 Å². The van der Waals surface area contributed by atoms with Gasteiger partial charge in [-0.05, 0) is 47.9 Å². The maximum absolute atomic E-state index is 11.8. The van der Waals surface area contributed by atoms with Crippen LogP contribution in [0.15, 0.2) is 48.5 Å². The van der Waals surface area contributed by atoms with E-state index in [4.69, 9.17) is 0 Å². The number of phenolic OH excluding ortho intramolecular Hbond substituents is 2. The van der Waals surface area contributed by atoms with Crippen molar-refractivity contribution in [3.05, 3.63) is 59.7 Å². The van der Waals surface area contributed by atoms with Crippen molar-refractivity contribution < 1.29 is 23.4 Å². The second-order valence-corrected chi connectivity index (χ2v) is 7.44. The molecule has 0 aliphatic carbocycles. The zero-order valence-electron chi connectivity index (χ0n) is 14.1. The molecule has 0 bridgehead atoms. The number of rotatable bonds is 7. The average molecular weight is 376 g/mol. The Balaban J connectivity index is 1.80. The Kier molecular flexibility index (Phi) is 6.24. The molecule has 0 spiro atoms. The van der Waals surface area contributed by atoms with Crippen LogP contribution in [0.2, 0.25) is 0 Å². The standard InChI is InChI=1S/C18H20N2O5S/c1-26(24,25)20-15-6-2-13(3-7-15)10-11-19-18(23)9-5-14-4-8-16(21)17(22)12-14/h2-9,12,20-22H,10-11H2,1H3,(H,19,23)/b9-5+. The first-order valence-corrected chi connectivity index (χ1v) is 9.67. The zero-order valence-corrected chi connectivity index (χ0v) is 15.0. The molecule has 2 rings (SSSR count). The van der Waals surface area contributed by atoms with E-state index in [2.05, 4.69) is 10.0 Å². The first-order valence-electron chi connectivity index (χ1n) is 7.77. The lowest BCUT2D eigenvalue weighted by Crippen LogP contribution is -2.23. The predicted octanol–water partition coefficient (Wildman–Crippen LogP) is 1.84. The number of hydrogen-bond acceptors (Lipinski definition) is 5. The third kappa shape index (κ3) is 6.48. The topological polar surface area (TPSA) is 116 Å². The lowest BCUT2D eigenvalue weighted by molar-refractivity contribution is -0.116. The van der Waals surface area contributed by atoms with Gasteiger partial charge in [-0.2, -0.15) is 0 Å². The van der Waals surface area contributed by atoms with E-state index < -0.39 is 10.0 Å². The van der Waals surface area contributed by atoms with E-state index >= 15 is 0 Å². The average Bonchev–Trinajstić information content (AvgIpc) is 2.56. The van der Waals surface area contributed by atoms with Gasteiger partial charge in [0.15, 0.2) is 11.5 Å². The van der Waals surface area contributed by atoms with Crippen LogP contribution >= 0.6 is 0 Å². The molecular weight excluding hydrogens is 356 g/mol. The minimum atomic E-state index is -3.30. The smallest absolute Gasteiger partial charge is 0.244 e. The van der Waals surface area contributed by atoms with E-state index in [1.807, 2.05) is 0 Å². The van der Waals surface area contributed by atoms with Crippen molar-refractivity contribution >= 4 is 27.7 Å². The lowest BCUT2D eigenvalue weighted by atomic mass is 10.1. The number of amides is 1. The second-order valence-electron chi connectivity index (χ2n) is 5.69. The van der Waals surface area contributed by atoms with Crippen LogP contribution in [0, 0.1) is 0 Å². The summed E-state index contributed by atoms with van der Waals surface area (Å²) in [5.41, 5.74) is 2.03. The van der Waals surface area contributed by atoms with E-state index in [-0.39, 0.29) is 17.4 Å². The molecule has 0 saturated heterocycles. The van der Waals surface area contributed by atoms with Gasteiger partial charge in [0.05, 0.1) is 6.26 Å². The molecule has 2 aromatic carbocycles. The number of aromatic hydroxyl groups is 2. The number of sulfonamides is 1. The Morgan fingerprint density at radius 1 is 1.08 bits per heavy atom. The Morgan fingerprint density at radius 3 is 2.38 bits per heavy atom. The minimum absolute atomic E-state index is 0.218. The fourth-order valence-electron chi connectivity index (χ4n) is 2.16. The van der Waals surface area contributed by atoms with Gasteiger partial charge in [-0.3, -0.25) is 9.52 Å². The van der Waals surface area contributed by atoms with Gasteiger partial charge in [0.1, 0.15) is 0 Å². The molecule has 1 amide bonds. The van der Waals surface area contributed by atoms with Crippen molar-refractivity contribution in [3.63, 3.8) is 0 Å². The highest BCUT2D eigenvalue weighted by Gasteiger charge is 2.02. The Labute approximate surface area is 152 Å². The summed E-state index contributed by atoms with van der Waals surface area (Å²) in [6.45, 7) is 0.419. The van der Waals surface area contributed by atoms with E-state index in [1.54, 1.807) is 30.3 Å². The summed E-state index contributed by atoms with van der Waals surface area (Å²) < 4.78 is 24.7. The van der Waals surface area contributed by atoms with Gasteiger partial charge in [-0.15, -0.1) is 0 Å². The predicted molar refractivity (Wildman–Crippen MR) is 100 cm³/mol. The molecule has 0 radical (unpaired) electrons. The molecule has 0 fully saturated rings. The van der Waals surface area contributed by atoms with Crippen LogP contribution in [0.1, 0.15) is 11.1 Å². The van der Waals surface area contributed by atoms with E-state index in [1.165, 1.54) is 24.3 Å². The number of anilines is 1. The molecular formula is C18H20N2O5S. The monoisotopic (exact) mass is 376 g/mol. The van der Waals surface area contributed by atoms with Crippen LogP contribution in [-0.4, -0.2) is 37.3 Å². The third-order valence-corrected chi connectivity index (χ3v) is 4.00. The highest BCUT2D eigenvalue weighted by Crippen LogP contribution is 2.25. The summed E-state index contributed by atoms with van der Waals surface area (Å²) in [5, 5.41) is 21.4. The Bertz CT molecular complexity index is 906. The first-order chi connectivity index (χ1) is 12.2. The molecule has 0 saturated carbocycles. The van der Waals surface area contributed by atoms with Gasteiger partial charge in [-0.25, -0.2) is 8.42 Å². The van der Waals surface area contributed by atoms with Crippen LogP contribution in [0.4, 0.5) is 5.69 Å². The number of nitrogens with one attached hydrogen (secondary N) is 2. The largest absolute Gasteiger partial charge is 0.504 e. The Hall–Kier alpha value is -3.00. The number of benzene rings is 2. The molecule has 2 aromatic rings. The minimum Gasteiger partial charge on any atom is -0.504 e. The van der Waals surface area contributed by atoms with Crippen molar-refractivity contribution in [2.45, 2.75) is 6.42 Å². The van der Waals surface area contributed by atoms with Crippen LogP contribution < -0.4 is 10.0 Å². The molecule has 0 aliphatic rings. The summed E-state index contributed by atoms with van der Waals surface area (Å²) >= 11 is 0. The maximum atomic E-state index is 11.8. The Morgan fingerprint density at radius 2 is 1.77 bits per heavy atom. The molecule has 4 N–H and O–H groups in total. The van der Waals surface area contributed by atoms with E-state index in [0.717, 1.165) is 11.8 Å². The highest BCUT2D eigenvalue weighted by molar-refractivity contribution is 7.92. The van der Waals surface area contributed by atoms with Crippen molar-refractivity contribution in [2.75, 3.05) is 17.5 Å². The number of phenols is 2. The van der Waals surface area contributed by atoms with Crippen molar-refractivity contribution in [1.82, 2.24) is 5.32 Å². The fourth-order valence-corrected chi connectivity index (χ4v) is 2.72. The molecule has 0 aromatic heterocycles. The van der Waals surface area contributed by atoms with Crippen LogP contribution in [0.3, 0.4) is 0 Å². The second kappa shape index (κ2) is 8.39. The van der Waals surface area contributed by atoms with Gasteiger partial charge in [-0.1, -0.05) is 18.2 Å². The van der Waals surface area contributed by atoms with E-state index in [0.29, 0.717) is 24.2 Å². The first kappa shape index (κ1) is 19.3. The van der Waals surface area contributed by atoms with Gasteiger partial charge >= 0.3 is 0 Å². The summed E-state index contributed by atoms with van der Waals surface area (Å²) in [6, 6.07) is 11.2. The molecule has 7 nitrogen and oxygen atoms in total. The molecule has 26 heavy (non-hydrogen) atoms. The van der Waals surface area contributed by atoms with Gasteiger partial charge in [0.2, 0.25) is 15.9 Å². The maximum Gasteiger partial charge on any atom is 0.244 e. The molecule has 0 heterocycles. The summed E-state index contributed by atoms with van der Waals surface area (Å²) in [7, 11) is -3.30. The SMILES string of the molecule is CS(=O)(=O)Nc1ccc(CCNC(=O)/C=C/c2ccc(O)c(O)c2)cc1. The summed E-state index contributed by atoms with van der Waals surface area (Å²) in [5.74, 6) is -0.751. The van der Waals surface area contributed by atoms with Crippen LogP contribution in [-0.2, 0) is 21.2 Å². The fraction of sp³-hybridized carbons (Fsp3) is 0.167. The van der Waals surface area contributed by atoms with Gasteiger partial charge < -0.3 is 15.5 Å².